The molecule has 1 amide bonds. The van der Waals surface area contributed by atoms with Crippen LogP contribution in [0.15, 0.2) is 47.3 Å². The Hall–Kier alpha value is -3.48. The average Bonchev–Trinajstić information content (AvgIpc) is 2.68. The van der Waals surface area contributed by atoms with Crippen LogP contribution in [0.3, 0.4) is 0 Å². The van der Waals surface area contributed by atoms with Gasteiger partial charge in [-0.2, -0.15) is 5.10 Å². The molecule has 0 unspecified atom stereocenters. The van der Waals surface area contributed by atoms with Gasteiger partial charge in [0.15, 0.2) is 6.10 Å². The fourth-order valence-corrected chi connectivity index (χ4v) is 3.17. The Kier molecular flexibility index (Phi) is 5.77. The first-order valence-corrected chi connectivity index (χ1v) is 9.29. The van der Waals surface area contributed by atoms with Crippen LogP contribution in [0.2, 0.25) is 0 Å². The number of nitrogens with one attached hydrogen (secondary N) is 1. The summed E-state index contributed by atoms with van der Waals surface area (Å²) in [5.74, 6) is -1.00. The summed E-state index contributed by atoms with van der Waals surface area (Å²) < 4.78 is 6.51. The molecule has 3 rings (SSSR count). The van der Waals surface area contributed by atoms with Crippen LogP contribution in [0.25, 0.3) is 10.8 Å². The number of carbonyl (C=O) groups excluding carboxylic acids is 2. The number of esters is 1. The molecular weight excluding hydrogens is 370 g/mol. The maximum absolute atomic E-state index is 12.5. The molecule has 29 heavy (non-hydrogen) atoms. The van der Waals surface area contributed by atoms with Crippen molar-refractivity contribution in [3.63, 3.8) is 0 Å². The van der Waals surface area contributed by atoms with Crippen LogP contribution in [-0.4, -0.2) is 27.8 Å². The molecule has 2 aromatic carbocycles. The Labute approximate surface area is 168 Å². The van der Waals surface area contributed by atoms with Crippen LogP contribution in [0.1, 0.15) is 23.7 Å². The second kappa shape index (κ2) is 8.26. The molecule has 0 saturated carbocycles. The summed E-state index contributed by atoms with van der Waals surface area (Å²) in [6, 6.07) is 12.7. The van der Waals surface area contributed by atoms with Gasteiger partial charge in [-0.25, -0.2) is 4.68 Å². The highest BCUT2D eigenvalue weighted by Gasteiger charge is 2.21. The average molecular weight is 393 g/mol. The second-order valence-corrected chi connectivity index (χ2v) is 6.99. The first-order chi connectivity index (χ1) is 13.8. The van der Waals surface area contributed by atoms with E-state index >= 15 is 0 Å². The minimum Gasteiger partial charge on any atom is -0.452 e. The lowest BCUT2D eigenvalue weighted by atomic mass is 10.1. The molecule has 7 heteroatoms. The van der Waals surface area contributed by atoms with Crippen LogP contribution in [0.4, 0.5) is 5.69 Å². The second-order valence-electron chi connectivity index (χ2n) is 6.99. The van der Waals surface area contributed by atoms with Crippen molar-refractivity contribution >= 4 is 28.3 Å². The Balaban J connectivity index is 1.73. The van der Waals surface area contributed by atoms with E-state index in [-0.39, 0.29) is 12.0 Å². The van der Waals surface area contributed by atoms with Gasteiger partial charge in [0.2, 0.25) is 0 Å². The third kappa shape index (κ3) is 4.34. The van der Waals surface area contributed by atoms with Gasteiger partial charge in [-0.1, -0.05) is 36.4 Å². The molecule has 1 atom stereocenters. The number of hydrogen-bond donors (Lipinski definition) is 1. The van der Waals surface area contributed by atoms with Gasteiger partial charge in [-0.15, -0.1) is 0 Å². The third-order valence-corrected chi connectivity index (χ3v) is 4.75. The minimum absolute atomic E-state index is 0.143. The zero-order valence-electron chi connectivity index (χ0n) is 16.9. The van der Waals surface area contributed by atoms with E-state index in [2.05, 4.69) is 10.4 Å². The van der Waals surface area contributed by atoms with E-state index in [1.165, 1.54) is 18.7 Å². The van der Waals surface area contributed by atoms with Crippen LogP contribution in [0.5, 0.6) is 0 Å². The maximum Gasteiger partial charge on any atom is 0.312 e. The molecule has 0 aliphatic carbocycles. The van der Waals surface area contributed by atoms with Gasteiger partial charge in [0, 0.05) is 18.1 Å². The number of aryl methyl sites for hydroxylation is 3. The monoisotopic (exact) mass is 393 g/mol. The van der Waals surface area contributed by atoms with E-state index in [0.29, 0.717) is 22.2 Å². The van der Waals surface area contributed by atoms with Crippen LogP contribution < -0.4 is 10.9 Å². The number of rotatable bonds is 5. The molecule has 150 valence electrons. The van der Waals surface area contributed by atoms with Crippen molar-refractivity contribution in [2.45, 2.75) is 33.3 Å². The van der Waals surface area contributed by atoms with E-state index in [1.807, 2.05) is 32.0 Å². The van der Waals surface area contributed by atoms with E-state index in [4.69, 9.17) is 4.74 Å². The number of fused-ring (bicyclic) bond motifs is 1. The fourth-order valence-electron chi connectivity index (χ4n) is 3.17. The Bertz CT molecular complexity index is 1130. The third-order valence-electron chi connectivity index (χ3n) is 4.75. The zero-order valence-corrected chi connectivity index (χ0v) is 16.9. The Morgan fingerprint density at radius 3 is 2.34 bits per heavy atom. The van der Waals surface area contributed by atoms with Crippen molar-refractivity contribution in [2.24, 2.45) is 7.05 Å². The van der Waals surface area contributed by atoms with Gasteiger partial charge in [0.05, 0.1) is 17.5 Å². The van der Waals surface area contributed by atoms with Crippen molar-refractivity contribution in [3.8, 4) is 0 Å². The lowest BCUT2D eigenvalue weighted by molar-refractivity contribution is -0.152. The fraction of sp³-hybridized carbons (Fsp3) is 0.273. The van der Waals surface area contributed by atoms with Crippen molar-refractivity contribution in [1.29, 1.82) is 0 Å². The minimum atomic E-state index is -0.972. The molecule has 0 spiro atoms. The maximum atomic E-state index is 12.5. The van der Waals surface area contributed by atoms with Crippen LogP contribution >= 0.6 is 0 Å². The highest BCUT2D eigenvalue weighted by molar-refractivity contribution is 5.96. The highest BCUT2D eigenvalue weighted by Crippen LogP contribution is 2.20. The quantitative estimate of drug-likeness (QED) is 0.673. The van der Waals surface area contributed by atoms with Gasteiger partial charge in [0.1, 0.15) is 0 Å². The summed E-state index contributed by atoms with van der Waals surface area (Å²) in [4.78, 5) is 37.1. The topological polar surface area (TPSA) is 90.3 Å². The van der Waals surface area contributed by atoms with E-state index in [0.717, 1.165) is 11.1 Å². The number of carbonyl (C=O) groups is 2. The zero-order chi connectivity index (χ0) is 21.1. The van der Waals surface area contributed by atoms with Gasteiger partial charge in [-0.05, 0) is 38.0 Å². The lowest BCUT2D eigenvalue weighted by Crippen LogP contribution is -2.31. The molecule has 7 nitrogen and oxygen atoms in total. The summed E-state index contributed by atoms with van der Waals surface area (Å²) in [6.45, 7) is 5.32. The molecule has 0 radical (unpaired) electrons. The molecule has 0 aliphatic rings. The Morgan fingerprint density at radius 1 is 1.07 bits per heavy atom. The first-order valence-electron chi connectivity index (χ1n) is 9.29. The number of amides is 1. The molecule has 1 heterocycles. The van der Waals surface area contributed by atoms with E-state index in [1.54, 1.807) is 24.3 Å². The molecule has 0 fully saturated rings. The number of para-hydroxylation sites is 1. The number of benzene rings is 2. The largest absolute Gasteiger partial charge is 0.452 e. The van der Waals surface area contributed by atoms with Crippen LogP contribution in [-0.2, 0) is 27.8 Å². The van der Waals surface area contributed by atoms with Crippen LogP contribution in [0, 0.1) is 13.8 Å². The first kappa shape index (κ1) is 20.3. The van der Waals surface area contributed by atoms with E-state index < -0.39 is 18.0 Å². The predicted molar refractivity (Wildman–Crippen MR) is 111 cm³/mol. The summed E-state index contributed by atoms with van der Waals surface area (Å²) in [7, 11) is 1.53. The smallest absolute Gasteiger partial charge is 0.312 e. The molecular formula is C22H23N3O4. The van der Waals surface area contributed by atoms with Crippen molar-refractivity contribution in [1.82, 2.24) is 9.78 Å². The standard InChI is InChI=1S/C22H23N3O4/c1-13-8-7-9-14(2)20(13)23-21(27)15(3)29-19(26)12-18-16-10-5-6-11-17(16)22(28)25(4)24-18/h5-11,15H,12H2,1-4H3,(H,23,27)/t15-/m1/s1. The summed E-state index contributed by atoms with van der Waals surface area (Å²) in [5, 5.41) is 8.08. The molecule has 1 N–H and O–H groups in total. The summed E-state index contributed by atoms with van der Waals surface area (Å²) in [6.07, 6.45) is -1.12. The predicted octanol–water partition coefficient (Wildman–Crippen LogP) is 2.66. The van der Waals surface area contributed by atoms with Crippen molar-refractivity contribution < 1.29 is 14.3 Å². The number of nitrogens with zero attached hydrogens (tertiary/aromatic N) is 2. The number of hydrogen-bond acceptors (Lipinski definition) is 5. The van der Waals surface area contributed by atoms with E-state index in [9.17, 15) is 14.4 Å². The molecule has 3 aromatic rings. The van der Waals surface area contributed by atoms with Gasteiger partial charge in [-0.3, -0.25) is 14.4 Å². The molecule has 1 aromatic heterocycles. The van der Waals surface area contributed by atoms with Gasteiger partial charge in [0.25, 0.3) is 11.5 Å². The Morgan fingerprint density at radius 2 is 1.69 bits per heavy atom. The van der Waals surface area contributed by atoms with Crippen molar-refractivity contribution in [2.75, 3.05) is 5.32 Å². The molecule has 0 aliphatic heterocycles. The molecule has 0 bridgehead atoms. The van der Waals surface area contributed by atoms with Crippen molar-refractivity contribution in [3.05, 3.63) is 69.6 Å². The normalized spacial score (nSPS) is 11.9. The number of ether oxygens (including phenoxy) is 1. The number of aromatic nitrogens is 2. The highest BCUT2D eigenvalue weighted by atomic mass is 16.5. The SMILES string of the molecule is Cc1cccc(C)c1NC(=O)[C@@H](C)OC(=O)Cc1nn(C)c(=O)c2ccccc12. The summed E-state index contributed by atoms with van der Waals surface area (Å²) in [5.41, 5.74) is 2.76. The number of anilines is 1. The molecule has 0 saturated heterocycles. The van der Waals surface area contributed by atoms with Gasteiger partial charge >= 0.3 is 5.97 Å². The summed E-state index contributed by atoms with van der Waals surface area (Å²) >= 11 is 0. The van der Waals surface area contributed by atoms with Gasteiger partial charge < -0.3 is 10.1 Å². The lowest BCUT2D eigenvalue weighted by Gasteiger charge is -2.16.